The fourth-order valence-corrected chi connectivity index (χ4v) is 2.44. The predicted molar refractivity (Wildman–Crippen MR) is 57.8 cm³/mol. The van der Waals surface area contributed by atoms with Gasteiger partial charge in [-0.2, -0.15) is 0 Å². The Morgan fingerprint density at radius 3 is 2.85 bits per heavy atom. The van der Waals surface area contributed by atoms with E-state index in [1.165, 1.54) is 15.6 Å². The van der Waals surface area contributed by atoms with Gasteiger partial charge in [-0.25, -0.2) is 0 Å². The maximum absolute atomic E-state index is 5.89. The minimum absolute atomic E-state index is 0.0313. The number of fused-ring (bicyclic) bond motifs is 1. The van der Waals surface area contributed by atoms with E-state index in [2.05, 4.69) is 17.5 Å². The van der Waals surface area contributed by atoms with Crippen LogP contribution in [0.1, 0.15) is 11.6 Å². The maximum atomic E-state index is 5.89. The van der Waals surface area contributed by atoms with E-state index in [0.29, 0.717) is 6.54 Å². The van der Waals surface area contributed by atoms with Gasteiger partial charge < -0.3 is 11.5 Å². The van der Waals surface area contributed by atoms with Gasteiger partial charge in [0.15, 0.2) is 0 Å². The molecule has 0 radical (unpaired) electrons. The summed E-state index contributed by atoms with van der Waals surface area (Å²) in [5.74, 6) is 0. The maximum Gasteiger partial charge on any atom is 0.0434 e. The second-order valence-corrected chi connectivity index (χ2v) is 3.94. The van der Waals surface area contributed by atoms with Crippen molar-refractivity contribution in [1.82, 2.24) is 0 Å². The number of nitrogens with two attached hydrogens (primary N) is 2. The number of hydrogen-bond donors (Lipinski definition) is 2. The number of thiophene rings is 1. The molecule has 0 saturated carbocycles. The highest BCUT2D eigenvalue weighted by Gasteiger charge is 2.08. The summed E-state index contributed by atoms with van der Waals surface area (Å²) in [6, 6.07) is 8.23. The van der Waals surface area contributed by atoms with E-state index in [-0.39, 0.29) is 6.04 Å². The van der Waals surface area contributed by atoms with Crippen molar-refractivity contribution in [2.75, 3.05) is 6.54 Å². The number of rotatable bonds is 2. The Bertz CT molecular complexity index is 408. The molecule has 4 N–H and O–H groups in total. The van der Waals surface area contributed by atoms with Crippen LogP contribution in [0.2, 0.25) is 0 Å². The lowest BCUT2D eigenvalue weighted by molar-refractivity contribution is 0.745. The van der Waals surface area contributed by atoms with Crippen LogP contribution in [0.25, 0.3) is 10.1 Å². The Hall–Kier alpha value is -0.900. The Morgan fingerprint density at radius 1 is 1.31 bits per heavy atom. The minimum atomic E-state index is -0.0313. The highest BCUT2D eigenvalue weighted by Crippen LogP contribution is 2.28. The van der Waals surface area contributed by atoms with Crippen LogP contribution in [-0.4, -0.2) is 6.54 Å². The summed E-state index contributed by atoms with van der Waals surface area (Å²) in [5.41, 5.74) is 12.6. The highest BCUT2D eigenvalue weighted by molar-refractivity contribution is 7.17. The lowest BCUT2D eigenvalue weighted by atomic mass is 10.1. The topological polar surface area (TPSA) is 52.0 Å². The summed E-state index contributed by atoms with van der Waals surface area (Å²) in [7, 11) is 0. The molecule has 3 heteroatoms. The van der Waals surface area contributed by atoms with Crippen LogP contribution in [0.15, 0.2) is 29.6 Å². The molecule has 0 saturated heterocycles. The van der Waals surface area contributed by atoms with Gasteiger partial charge in [0.1, 0.15) is 0 Å². The van der Waals surface area contributed by atoms with E-state index in [1.807, 2.05) is 12.1 Å². The van der Waals surface area contributed by atoms with Gasteiger partial charge in [0, 0.05) is 17.3 Å². The van der Waals surface area contributed by atoms with Crippen molar-refractivity contribution >= 4 is 21.4 Å². The van der Waals surface area contributed by atoms with Gasteiger partial charge in [-0.15, -0.1) is 11.3 Å². The monoisotopic (exact) mass is 192 g/mol. The Morgan fingerprint density at radius 2 is 2.08 bits per heavy atom. The van der Waals surface area contributed by atoms with Crippen molar-refractivity contribution in [3.05, 3.63) is 35.2 Å². The third-order valence-electron chi connectivity index (χ3n) is 2.16. The third kappa shape index (κ3) is 1.46. The number of benzene rings is 1. The van der Waals surface area contributed by atoms with E-state index < -0.39 is 0 Å². The van der Waals surface area contributed by atoms with Crippen molar-refractivity contribution in [2.45, 2.75) is 6.04 Å². The lowest BCUT2D eigenvalue weighted by Crippen LogP contribution is -2.20. The van der Waals surface area contributed by atoms with Crippen LogP contribution in [0, 0.1) is 0 Å². The summed E-state index contributed by atoms with van der Waals surface area (Å²) < 4.78 is 1.28. The van der Waals surface area contributed by atoms with Gasteiger partial charge in [0.2, 0.25) is 0 Å². The van der Waals surface area contributed by atoms with Crippen LogP contribution in [0.4, 0.5) is 0 Å². The van der Waals surface area contributed by atoms with E-state index in [0.717, 1.165) is 0 Å². The smallest absolute Gasteiger partial charge is 0.0434 e. The SMILES string of the molecule is NCC(N)c1csc2ccccc12. The quantitative estimate of drug-likeness (QED) is 0.763. The van der Waals surface area contributed by atoms with E-state index in [9.17, 15) is 0 Å². The largest absolute Gasteiger partial charge is 0.329 e. The lowest BCUT2D eigenvalue weighted by Gasteiger charge is -2.06. The molecule has 0 aliphatic carbocycles. The van der Waals surface area contributed by atoms with Crippen LogP contribution in [-0.2, 0) is 0 Å². The second-order valence-electron chi connectivity index (χ2n) is 3.03. The zero-order valence-electron chi connectivity index (χ0n) is 7.23. The Labute approximate surface area is 81.2 Å². The molecule has 2 rings (SSSR count). The summed E-state index contributed by atoms with van der Waals surface area (Å²) in [5, 5.41) is 3.34. The molecule has 2 aromatic rings. The van der Waals surface area contributed by atoms with Gasteiger partial charge in [-0.05, 0) is 22.4 Å². The molecule has 13 heavy (non-hydrogen) atoms. The molecular weight excluding hydrogens is 180 g/mol. The van der Waals surface area contributed by atoms with Gasteiger partial charge >= 0.3 is 0 Å². The molecule has 0 fully saturated rings. The molecule has 0 aliphatic heterocycles. The molecule has 68 valence electrons. The first-order valence-corrected chi connectivity index (χ1v) is 5.12. The molecule has 2 nitrogen and oxygen atoms in total. The first kappa shape index (κ1) is 8.69. The van der Waals surface area contributed by atoms with Crippen LogP contribution < -0.4 is 11.5 Å². The van der Waals surface area contributed by atoms with Gasteiger partial charge in [0.05, 0.1) is 0 Å². The minimum Gasteiger partial charge on any atom is -0.329 e. The summed E-state index contributed by atoms with van der Waals surface area (Å²) in [4.78, 5) is 0. The van der Waals surface area contributed by atoms with Gasteiger partial charge in [-0.3, -0.25) is 0 Å². The molecule has 1 unspecified atom stereocenters. The zero-order valence-corrected chi connectivity index (χ0v) is 8.05. The highest BCUT2D eigenvalue weighted by atomic mass is 32.1. The van der Waals surface area contributed by atoms with E-state index >= 15 is 0 Å². The normalized spacial score (nSPS) is 13.4. The van der Waals surface area contributed by atoms with Crippen LogP contribution in [0.3, 0.4) is 0 Å². The molecule has 0 amide bonds. The predicted octanol–water partition coefficient (Wildman–Crippen LogP) is 1.86. The third-order valence-corrected chi connectivity index (χ3v) is 3.15. The molecule has 1 heterocycles. The molecule has 0 bridgehead atoms. The fourth-order valence-electron chi connectivity index (χ4n) is 1.41. The fraction of sp³-hybridized carbons (Fsp3) is 0.200. The summed E-state index contributed by atoms with van der Waals surface area (Å²) in [6.45, 7) is 0.501. The van der Waals surface area contributed by atoms with Crippen molar-refractivity contribution in [3.8, 4) is 0 Å². The average molecular weight is 192 g/mol. The molecular formula is C10H12N2S. The first-order valence-electron chi connectivity index (χ1n) is 4.24. The molecule has 1 aromatic heterocycles. The zero-order chi connectivity index (χ0) is 9.26. The molecule has 0 aliphatic rings. The standard InChI is InChI=1S/C10H12N2S/c11-5-9(12)8-6-13-10-4-2-1-3-7(8)10/h1-4,6,9H,5,11-12H2. The summed E-state index contributed by atoms with van der Waals surface area (Å²) >= 11 is 1.72. The Balaban J connectivity index is 2.57. The Kier molecular flexibility index (Phi) is 2.31. The second kappa shape index (κ2) is 3.46. The van der Waals surface area contributed by atoms with Crippen molar-refractivity contribution in [2.24, 2.45) is 11.5 Å². The van der Waals surface area contributed by atoms with E-state index in [4.69, 9.17) is 11.5 Å². The van der Waals surface area contributed by atoms with Gasteiger partial charge in [0.25, 0.3) is 0 Å². The molecule has 1 aromatic carbocycles. The van der Waals surface area contributed by atoms with Crippen LogP contribution >= 0.6 is 11.3 Å². The van der Waals surface area contributed by atoms with Crippen molar-refractivity contribution in [3.63, 3.8) is 0 Å². The summed E-state index contributed by atoms with van der Waals surface area (Å²) in [6.07, 6.45) is 0. The van der Waals surface area contributed by atoms with Crippen molar-refractivity contribution in [1.29, 1.82) is 0 Å². The van der Waals surface area contributed by atoms with Crippen molar-refractivity contribution < 1.29 is 0 Å². The molecule has 0 spiro atoms. The van der Waals surface area contributed by atoms with E-state index in [1.54, 1.807) is 11.3 Å². The molecule has 1 atom stereocenters. The number of hydrogen-bond acceptors (Lipinski definition) is 3. The van der Waals surface area contributed by atoms with Gasteiger partial charge in [-0.1, -0.05) is 18.2 Å². The first-order chi connectivity index (χ1) is 6.33. The van der Waals surface area contributed by atoms with Crippen LogP contribution in [0.5, 0.6) is 0 Å². The average Bonchev–Trinajstić information content (AvgIpc) is 2.60.